The van der Waals surface area contributed by atoms with Crippen LogP contribution in [-0.4, -0.2) is 50.2 Å². The van der Waals surface area contributed by atoms with Crippen molar-refractivity contribution in [1.29, 1.82) is 5.26 Å². The molecule has 19 heavy (non-hydrogen) atoms. The minimum Gasteiger partial charge on any atom is -0.383 e. The molecule has 0 heterocycles. The van der Waals surface area contributed by atoms with Gasteiger partial charge in [0.1, 0.15) is 11.6 Å². The van der Waals surface area contributed by atoms with Gasteiger partial charge in [0.2, 0.25) is 0 Å². The van der Waals surface area contributed by atoms with E-state index in [2.05, 4.69) is 5.32 Å². The predicted molar refractivity (Wildman–Crippen MR) is 70.6 cm³/mol. The highest BCUT2D eigenvalue weighted by Gasteiger charge is 2.08. The fraction of sp³-hybridized carbons (Fsp3) is 0.455. The van der Waals surface area contributed by atoms with E-state index in [1.165, 1.54) is 6.08 Å². The number of amides is 1. The van der Waals surface area contributed by atoms with Crippen LogP contribution in [0.25, 0.3) is 0 Å². The summed E-state index contributed by atoms with van der Waals surface area (Å²) < 4.78 is 29.4. The summed E-state index contributed by atoms with van der Waals surface area (Å²) in [7, 11) is -0.424. The molecule has 106 valence electrons. The number of carbonyl (C=O) groups excluding carboxylic acids is 1. The summed E-state index contributed by atoms with van der Waals surface area (Å²) in [5.41, 5.74) is -0.0787. The normalized spacial score (nSPS) is 12.2. The highest BCUT2D eigenvalue weighted by molar-refractivity contribution is 7.85. The molecule has 0 fully saturated rings. The second-order valence-corrected chi connectivity index (χ2v) is 5.46. The van der Waals surface area contributed by atoms with Crippen LogP contribution in [0.3, 0.4) is 0 Å². The van der Waals surface area contributed by atoms with Crippen molar-refractivity contribution in [1.82, 2.24) is 10.2 Å². The fourth-order valence-electron chi connectivity index (χ4n) is 1.03. The lowest BCUT2D eigenvalue weighted by Gasteiger charge is -2.03. The summed E-state index contributed by atoms with van der Waals surface area (Å²) in [6, 6.07) is 1.74. The summed E-state index contributed by atoms with van der Waals surface area (Å²) in [4.78, 5) is 13.3. The highest BCUT2D eigenvalue weighted by Crippen LogP contribution is 1.95. The fourth-order valence-corrected chi connectivity index (χ4v) is 1.54. The Morgan fingerprint density at radius 3 is 2.58 bits per heavy atom. The van der Waals surface area contributed by atoms with E-state index in [1.807, 2.05) is 0 Å². The molecule has 8 heteroatoms. The van der Waals surface area contributed by atoms with E-state index in [1.54, 1.807) is 37.3 Å². The molecule has 0 aliphatic carbocycles. The van der Waals surface area contributed by atoms with E-state index in [9.17, 15) is 13.2 Å². The summed E-state index contributed by atoms with van der Waals surface area (Å²) in [6.45, 7) is 0.0645. The van der Waals surface area contributed by atoms with Gasteiger partial charge in [0, 0.05) is 20.6 Å². The first-order chi connectivity index (χ1) is 8.76. The summed E-state index contributed by atoms with van der Waals surface area (Å²) in [5.74, 6) is -1.01. The Bertz CT molecular complexity index is 501. The first-order valence-electron chi connectivity index (χ1n) is 5.44. The zero-order valence-electron chi connectivity index (χ0n) is 10.8. The van der Waals surface area contributed by atoms with Crippen molar-refractivity contribution >= 4 is 16.0 Å². The van der Waals surface area contributed by atoms with Crippen LogP contribution in [-0.2, 0) is 14.9 Å². The summed E-state index contributed by atoms with van der Waals surface area (Å²) in [5, 5.41) is 11.2. The third-order valence-corrected chi connectivity index (χ3v) is 2.68. The largest absolute Gasteiger partial charge is 0.383 e. The Morgan fingerprint density at radius 1 is 1.47 bits per heavy atom. The average Bonchev–Trinajstić information content (AvgIpc) is 2.28. The molecule has 0 rings (SSSR count). The van der Waals surface area contributed by atoms with E-state index >= 15 is 0 Å². The second-order valence-electron chi connectivity index (χ2n) is 3.89. The summed E-state index contributed by atoms with van der Waals surface area (Å²) in [6.07, 6.45) is 4.66. The smallest absolute Gasteiger partial charge is 0.264 e. The van der Waals surface area contributed by atoms with Crippen molar-refractivity contribution in [2.45, 2.75) is 6.42 Å². The van der Waals surface area contributed by atoms with Crippen molar-refractivity contribution in [2.75, 3.05) is 26.4 Å². The van der Waals surface area contributed by atoms with Crippen LogP contribution in [0, 0.1) is 11.3 Å². The summed E-state index contributed by atoms with van der Waals surface area (Å²) >= 11 is 0. The molecule has 0 radical (unpaired) electrons. The van der Waals surface area contributed by atoms with E-state index in [0.29, 0.717) is 0 Å². The van der Waals surface area contributed by atoms with Gasteiger partial charge in [-0.25, -0.2) is 0 Å². The molecule has 0 unspecified atom stereocenters. The van der Waals surface area contributed by atoms with Crippen molar-refractivity contribution in [3.63, 3.8) is 0 Å². The van der Waals surface area contributed by atoms with Gasteiger partial charge in [-0.15, -0.1) is 0 Å². The molecule has 2 N–H and O–H groups in total. The first-order valence-corrected chi connectivity index (χ1v) is 7.05. The molecule has 7 nitrogen and oxygen atoms in total. The number of carbonyl (C=O) groups is 1. The van der Waals surface area contributed by atoms with E-state index in [0.717, 1.165) is 0 Å². The van der Waals surface area contributed by atoms with Gasteiger partial charge in [-0.05, 0) is 24.8 Å². The van der Waals surface area contributed by atoms with Gasteiger partial charge < -0.3 is 10.2 Å². The van der Waals surface area contributed by atoms with Crippen LogP contribution in [0.15, 0.2) is 23.9 Å². The van der Waals surface area contributed by atoms with E-state index in [4.69, 9.17) is 9.81 Å². The van der Waals surface area contributed by atoms with Crippen LogP contribution in [0.4, 0.5) is 0 Å². The first kappa shape index (κ1) is 17.2. The minimum absolute atomic E-state index is 0.0645. The molecular formula is C11H17N3O4S. The molecule has 1 amide bonds. The number of hydrogen-bond acceptors (Lipinski definition) is 5. The topological polar surface area (TPSA) is 111 Å². The van der Waals surface area contributed by atoms with Crippen LogP contribution in [0.5, 0.6) is 0 Å². The lowest BCUT2D eigenvalue weighted by Crippen LogP contribution is -2.26. The molecule has 0 aromatic heterocycles. The van der Waals surface area contributed by atoms with Crippen LogP contribution in [0.1, 0.15) is 6.42 Å². The van der Waals surface area contributed by atoms with Crippen molar-refractivity contribution < 1.29 is 17.8 Å². The maximum atomic E-state index is 11.5. The van der Waals surface area contributed by atoms with Crippen LogP contribution in [0.2, 0.25) is 0 Å². The molecule has 0 atom stereocenters. The zero-order valence-corrected chi connectivity index (χ0v) is 11.6. The number of nitrogens with zero attached hydrogens (tertiary/aromatic N) is 2. The molecule has 0 aliphatic heterocycles. The number of nitriles is 1. The molecule has 0 spiro atoms. The Balaban J connectivity index is 4.28. The Morgan fingerprint density at radius 2 is 2.11 bits per heavy atom. The minimum atomic E-state index is -4.02. The lowest BCUT2D eigenvalue weighted by molar-refractivity contribution is -0.117. The Labute approximate surface area is 113 Å². The van der Waals surface area contributed by atoms with Gasteiger partial charge in [-0.1, -0.05) is 0 Å². The van der Waals surface area contributed by atoms with Gasteiger partial charge in [0.15, 0.2) is 0 Å². The maximum Gasteiger partial charge on any atom is 0.264 e. The number of hydrogen-bond donors (Lipinski definition) is 2. The van der Waals surface area contributed by atoms with Gasteiger partial charge in [-0.2, -0.15) is 13.7 Å². The standard InChI is InChI=1S/C11H17N3O4S/c1-14(2)7-3-5-10(9-12)11(15)13-6-4-8-19(16,17)18/h3,5,7H,4,6,8H2,1-2H3,(H,13,15)(H,16,17,18)/b7-3+,10-5+. The van der Waals surface area contributed by atoms with Gasteiger partial charge >= 0.3 is 0 Å². The number of allylic oxidation sites excluding steroid dienone is 2. The third kappa shape index (κ3) is 9.82. The molecule has 0 bridgehead atoms. The molecular weight excluding hydrogens is 270 g/mol. The maximum absolute atomic E-state index is 11.5. The number of nitrogens with one attached hydrogen (secondary N) is 1. The molecule has 0 saturated heterocycles. The van der Waals surface area contributed by atoms with Crippen molar-refractivity contribution in [2.24, 2.45) is 0 Å². The molecule has 0 aliphatic rings. The quantitative estimate of drug-likeness (QED) is 0.222. The lowest BCUT2D eigenvalue weighted by atomic mass is 10.2. The van der Waals surface area contributed by atoms with Gasteiger partial charge in [-0.3, -0.25) is 9.35 Å². The molecule has 0 aromatic rings. The second kappa shape index (κ2) is 8.29. The van der Waals surface area contributed by atoms with Crippen molar-refractivity contribution in [3.05, 3.63) is 23.9 Å². The van der Waals surface area contributed by atoms with Crippen LogP contribution >= 0.6 is 0 Å². The van der Waals surface area contributed by atoms with E-state index < -0.39 is 21.8 Å². The zero-order chi connectivity index (χ0) is 14.9. The molecule has 0 aromatic carbocycles. The number of rotatable bonds is 7. The SMILES string of the molecule is CN(C)/C=C/C=C(\C#N)C(=O)NCCCS(=O)(=O)O. The highest BCUT2D eigenvalue weighted by atomic mass is 32.2. The Kier molecular flexibility index (Phi) is 7.48. The monoisotopic (exact) mass is 287 g/mol. The third-order valence-electron chi connectivity index (χ3n) is 1.88. The van der Waals surface area contributed by atoms with Crippen molar-refractivity contribution in [3.8, 4) is 6.07 Å². The Hall–Kier alpha value is -1.85. The van der Waals surface area contributed by atoms with Crippen LogP contribution < -0.4 is 5.32 Å². The molecule has 0 saturated carbocycles. The van der Waals surface area contributed by atoms with E-state index in [-0.39, 0.29) is 18.5 Å². The average molecular weight is 287 g/mol. The van der Waals surface area contributed by atoms with Gasteiger partial charge in [0.05, 0.1) is 5.75 Å². The predicted octanol–water partition coefficient (Wildman–Crippen LogP) is -0.0942. The van der Waals surface area contributed by atoms with Gasteiger partial charge in [0.25, 0.3) is 16.0 Å².